The van der Waals surface area contributed by atoms with Crippen LogP contribution in [0, 0.1) is 11.8 Å². The maximum atomic E-state index is 5.71. The van der Waals surface area contributed by atoms with Gasteiger partial charge in [0, 0.05) is 26.1 Å². The quantitative estimate of drug-likeness (QED) is 0.565. The normalized spacial score (nSPS) is 42.5. The smallest absolute Gasteiger partial charge is 0.168 e. The van der Waals surface area contributed by atoms with Crippen LogP contribution in [0.15, 0.2) is 0 Å². The molecule has 0 radical (unpaired) electrons. The van der Waals surface area contributed by atoms with Gasteiger partial charge in [0.1, 0.15) is 0 Å². The molecule has 0 aromatic rings. The topological polar surface area (TPSA) is 27.7 Å². The zero-order valence-corrected chi connectivity index (χ0v) is 7.83. The maximum absolute atomic E-state index is 5.71. The molecule has 0 aromatic carbocycles. The summed E-state index contributed by atoms with van der Waals surface area (Å²) >= 11 is 0. The van der Waals surface area contributed by atoms with Crippen LogP contribution in [0.3, 0.4) is 0 Å². The molecule has 3 rings (SSSR count). The van der Waals surface area contributed by atoms with Gasteiger partial charge >= 0.3 is 0 Å². The minimum Gasteiger partial charge on any atom is -0.381 e. The average molecular weight is 184 g/mol. The summed E-state index contributed by atoms with van der Waals surface area (Å²) < 4.78 is 16.9. The van der Waals surface area contributed by atoms with Gasteiger partial charge in [0.15, 0.2) is 5.79 Å². The fraction of sp³-hybridized carbons (Fsp3) is 1.00. The van der Waals surface area contributed by atoms with Gasteiger partial charge in [-0.15, -0.1) is 0 Å². The molecule has 0 aromatic heterocycles. The summed E-state index contributed by atoms with van der Waals surface area (Å²) in [6.45, 7) is 3.43. The Morgan fingerprint density at radius 1 is 1.00 bits per heavy atom. The standard InChI is InChI=1S/C10H16O3/c1-2-10(12-3-4-13-10)5-9-7-11-6-8(1)9/h8-9H,1-7H2/t8-,9-/m0/s1. The highest BCUT2D eigenvalue weighted by Crippen LogP contribution is 2.43. The fourth-order valence-electron chi connectivity index (χ4n) is 2.85. The predicted octanol–water partition coefficient (Wildman–Crippen LogP) is 1.18. The van der Waals surface area contributed by atoms with E-state index in [1.807, 2.05) is 0 Å². The van der Waals surface area contributed by atoms with Gasteiger partial charge < -0.3 is 14.2 Å². The zero-order chi connectivity index (χ0) is 8.73. The number of fused-ring (bicyclic) bond motifs is 1. The third-order valence-electron chi connectivity index (χ3n) is 3.61. The maximum Gasteiger partial charge on any atom is 0.168 e. The van der Waals surface area contributed by atoms with E-state index in [2.05, 4.69) is 0 Å². The van der Waals surface area contributed by atoms with Crippen LogP contribution in [-0.4, -0.2) is 32.2 Å². The minimum atomic E-state index is -0.213. The first-order chi connectivity index (χ1) is 6.38. The molecule has 3 heteroatoms. The summed E-state index contributed by atoms with van der Waals surface area (Å²) in [6, 6.07) is 0. The van der Waals surface area contributed by atoms with Crippen molar-refractivity contribution in [2.24, 2.45) is 11.8 Å². The molecule has 1 saturated carbocycles. The highest BCUT2D eigenvalue weighted by atomic mass is 16.7. The molecule has 2 saturated heterocycles. The van der Waals surface area contributed by atoms with Crippen LogP contribution in [-0.2, 0) is 14.2 Å². The molecular weight excluding hydrogens is 168 g/mol. The fourth-order valence-corrected chi connectivity index (χ4v) is 2.85. The summed E-state index contributed by atoms with van der Waals surface area (Å²) in [6.07, 6.45) is 3.33. The molecule has 0 amide bonds. The van der Waals surface area contributed by atoms with Crippen molar-refractivity contribution >= 4 is 0 Å². The second kappa shape index (κ2) is 2.94. The molecule has 74 valence electrons. The lowest BCUT2D eigenvalue weighted by Gasteiger charge is -2.37. The summed E-state index contributed by atoms with van der Waals surface area (Å²) in [5.41, 5.74) is 0. The summed E-state index contributed by atoms with van der Waals surface area (Å²) in [5, 5.41) is 0. The Labute approximate surface area is 78.3 Å². The molecule has 2 aliphatic heterocycles. The molecular formula is C10H16O3. The van der Waals surface area contributed by atoms with Crippen molar-refractivity contribution in [3.8, 4) is 0 Å². The average Bonchev–Trinajstić information content (AvgIpc) is 2.74. The van der Waals surface area contributed by atoms with Gasteiger partial charge in [-0.3, -0.25) is 0 Å². The van der Waals surface area contributed by atoms with E-state index in [4.69, 9.17) is 14.2 Å². The van der Waals surface area contributed by atoms with Crippen molar-refractivity contribution in [3.05, 3.63) is 0 Å². The molecule has 2 atom stereocenters. The highest BCUT2D eigenvalue weighted by Gasteiger charge is 2.46. The van der Waals surface area contributed by atoms with Crippen molar-refractivity contribution in [2.45, 2.75) is 25.0 Å². The molecule has 3 nitrogen and oxygen atoms in total. The molecule has 0 bridgehead atoms. The highest BCUT2D eigenvalue weighted by molar-refractivity contribution is 4.90. The van der Waals surface area contributed by atoms with Crippen molar-refractivity contribution in [1.82, 2.24) is 0 Å². The van der Waals surface area contributed by atoms with Gasteiger partial charge in [-0.25, -0.2) is 0 Å². The van der Waals surface area contributed by atoms with E-state index in [0.717, 1.165) is 45.2 Å². The summed E-state index contributed by atoms with van der Waals surface area (Å²) in [7, 11) is 0. The first-order valence-electron chi connectivity index (χ1n) is 5.24. The Hall–Kier alpha value is -0.120. The van der Waals surface area contributed by atoms with Crippen LogP contribution in [0.1, 0.15) is 19.3 Å². The molecule has 3 aliphatic rings. The van der Waals surface area contributed by atoms with E-state index in [-0.39, 0.29) is 5.79 Å². The van der Waals surface area contributed by atoms with E-state index in [1.54, 1.807) is 0 Å². The Morgan fingerprint density at radius 3 is 2.62 bits per heavy atom. The van der Waals surface area contributed by atoms with Crippen LogP contribution in [0.2, 0.25) is 0 Å². The van der Waals surface area contributed by atoms with Gasteiger partial charge in [0.25, 0.3) is 0 Å². The van der Waals surface area contributed by atoms with Crippen LogP contribution in [0.25, 0.3) is 0 Å². The molecule has 1 aliphatic carbocycles. The minimum absolute atomic E-state index is 0.213. The van der Waals surface area contributed by atoms with E-state index >= 15 is 0 Å². The third kappa shape index (κ3) is 1.30. The molecule has 2 heterocycles. The van der Waals surface area contributed by atoms with Crippen LogP contribution >= 0.6 is 0 Å². The molecule has 0 unspecified atom stereocenters. The van der Waals surface area contributed by atoms with Crippen molar-refractivity contribution < 1.29 is 14.2 Å². The lowest BCUT2D eigenvalue weighted by Crippen LogP contribution is -2.39. The van der Waals surface area contributed by atoms with E-state index in [1.165, 1.54) is 6.42 Å². The number of hydrogen-bond acceptors (Lipinski definition) is 3. The van der Waals surface area contributed by atoms with Crippen LogP contribution < -0.4 is 0 Å². The summed E-state index contributed by atoms with van der Waals surface area (Å²) in [4.78, 5) is 0. The zero-order valence-electron chi connectivity index (χ0n) is 7.83. The summed E-state index contributed by atoms with van der Waals surface area (Å²) in [5.74, 6) is 1.25. The van der Waals surface area contributed by atoms with Crippen molar-refractivity contribution in [1.29, 1.82) is 0 Å². The second-order valence-corrected chi connectivity index (χ2v) is 4.41. The van der Waals surface area contributed by atoms with Crippen LogP contribution in [0.4, 0.5) is 0 Å². The van der Waals surface area contributed by atoms with Crippen molar-refractivity contribution in [3.63, 3.8) is 0 Å². The Kier molecular flexibility index (Phi) is 1.86. The van der Waals surface area contributed by atoms with E-state index in [0.29, 0.717) is 5.92 Å². The van der Waals surface area contributed by atoms with Gasteiger partial charge in [-0.05, 0) is 18.3 Å². The monoisotopic (exact) mass is 184 g/mol. The second-order valence-electron chi connectivity index (χ2n) is 4.41. The lowest BCUT2D eigenvalue weighted by atomic mass is 9.78. The van der Waals surface area contributed by atoms with Gasteiger partial charge in [0.05, 0.1) is 13.2 Å². The molecule has 0 N–H and O–H groups in total. The Balaban J connectivity index is 1.73. The number of ether oxygens (including phenoxy) is 3. The molecule has 13 heavy (non-hydrogen) atoms. The van der Waals surface area contributed by atoms with Crippen molar-refractivity contribution in [2.75, 3.05) is 26.4 Å². The number of rotatable bonds is 0. The lowest BCUT2D eigenvalue weighted by molar-refractivity contribution is -0.190. The van der Waals surface area contributed by atoms with E-state index in [9.17, 15) is 0 Å². The number of hydrogen-bond donors (Lipinski definition) is 0. The van der Waals surface area contributed by atoms with E-state index < -0.39 is 0 Å². The largest absolute Gasteiger partial charge is 0.381 e. The first-order valence-corrected chi connectivity index (χ1v) is 5.24. The third-order valence-corrected chi connectivity index (χ3v) is 3.61. The van der Waals surface area contributed by atoms with Crippen LogP contribution in [0.5, 0.6) is 0 Å². The SMILES string of the molecule is C1COC2(CC[C@H]3COC[C@@H]3C2)O1. The Bertz CT molecular complexity index is 198. The van der Waals surface area contributed by atoms with Gasteiger partial charge in [-0.1, -0.05) is 0 Å². The first kappa shape index (κ1) is 8.21. The predicted molar refractivity (Wildman–Crippen MR) is 46.3 cm³/mol. The van der Waals surface area contributed by atoms with Gasteiger partial charge in [0.2, 0.25) is 0 Å². The van der Waals surface area contributed by atoms with Gasteiger partial charge in [-0.2, -0.15) is 0 Å². The molecule has 3 fully saturated rings. The molecule has 1 spiro atoms. The Morgan fingerprint density at radius 2 is 1.77 bits per heavy atom.